The molecule has 0 spiro atoms. The van der Waals surface area contributed by atoms with Crippen LogP contribution in [0.25, 0.3) is 0 Å². The second kappa shape index (κ2) is 9.76. The Morgan fingerprint density at radius 3 is 2.52 bits per heavy atom. The lowest BCUT2D eigenvalue weighted by Crippen LogP contribution is -2.21. The molecule has 0 aliphatic heterocycles. The van der Waals surface area contributed by atoms with Gasteiger partial charge in [-0.15, -0.1) is 0 Å². The molecule has 2 N–H and O–H groups in total. The lowest BCUT2D eigenvalue weighted by molar-refractivity contribution is 0.173. The Bertz CT molecular complexity index is 836. The molecule has 0 aliphatic rings. The van der Waals surface area contributed by atoms with E-state index in [1.165, 1.54) is 0 Å². The van der Waals surface area contributed by atoms with Crippen LogP contribution in [0, 0.1) is 0 Å². The summed E-state index contributed by atoms with van der Waals surface area (Å²) < 4.78 is 11.2. The van der Waals surface area contributed by atoms with Gasteiger partial charge in [0.25, 0.3) is 0 Å². The van der Waals surface area contributed by atoms with Crippen LogP contribution in [-0.2, 0) is 13.2 Å². The summed E-state index contributed by atoms with van der Waals surface area (Å²) in [5.41, 5.74) is 3.00. The van der Waals surface area contributed by atoms with Gasteiger partial charge in [-0.25, -0.2) is 0 Å². The van der Waals surface area contributed by atoms with Crippen LogP contribution in [0.5, 0.6) is 11.5 Å². The van der Waals surface area contributed by atoms with Gasteiger partial charge in [0.2, 0.25) is 0 Å². The number of para-hydroxylation sites is 1. The molecule has 3 aromatic carbocycles. The Hall–Kier alpha value is -2.82. The van der Waals surface area contributed by atoms with Gasteiger partial charge in [-0.2, -0.15) is 0 Å². The van der Waals surface area contributed by atoms with E-state index in [-0.39, 0.29) is 0 Å². The molecule has 27 heavy (non-hydrogen) atoms. The summed E-state index contributed by atoms with van der Waals surface area (Å²) in [6, 6.07) is 25.5. The largest absolute Gasteiger partial charge is 0.496 e. The van der Waals surface area contributed by atoms with Crippen molar-refractivity contribution in [3.63, 3.8) is 0 Å². The molecule has 0 aliphatic carbocycles. The van der Waals surface area contributed by atoms with Crippen molar-refractivity contribution in [2.24, 2.45) is 0 Å². The molecule has 0 amide bonds. The highest BCUT2D eigenvalue weighted by Crippen LogP contribution is 2.21. The zero-order chi connectivity index (χ0) is 18.9. The van der Waals surface area contributed by atoms with E-state index in [0.29, 0.717) is 19.7 Å². The number of ether oxygens (including phenoxy) is 2. The lowest BCUT2D eigenvalue weighted by atomic mass is 10.1. The SMILES string of the molecule is COc1ccccc1CNC[C@H](O)c1cccc(OCc2ccccc2)c1. The summed E-state index contributed by atoms with van der Waals surface area (Å²) in [6.07, 6.45) is -0.611. The van der Waals surface area contributed by atoms with Crippen molar-refractivity contribution in [2.75, 3.05) is 13.7 Å². The normalized spacial score (nSPS) is 11.8. The minimum absolute atomic E-state index is 0.445. The van der Waals surface area contributed by atoms with E-state index >= 15 is 0 Å². The second-order valence-corrected chi connectivity index (χ2v) is 6.31. The molecular formula is C23H25NO3. The highest BCUT2D eigenvalue weighted by atomic mass is 16.5. The Morgan fingerprint density at radius 1 is 0.926 bits per heavy atom. The highest BCUT2D eigenvalue weighted by molar-refractivity contribution is 5.33. The van der Waals surface area contributed by atoms with Crippen LogP contribution in [0.1, 0.15) is 22.8 Å². The standard InChI is InChI=1S/C23H25NO3/c1-26-23-13-6-5-10-20(23)15-24-16-22(25)19-11-7-12-21(14-19)27-17-18-8-3-2-4-9-18/h2-14,22,24-25H,15-17H2,1H3/t22-/m0/s1. The van der Waals surface area contributed by atoms with Crippen LogP contribution in [0.4, 0.5) is 0 Å². The molecule has 0 radical (unpaired) electrons. The maximum Gasteiger partial charge on any atom is 0.123 e. The summed E-state index contributed by atoms with van der Waals surface area (Å²) in [5, 5.41) is 13.8. The van der Waals surface area contributed by atoms with Gasteiger partial charge >= 0.3 is 0 Å². The average Bonchev–Trinajstić information content (AvgIpc) is 2.73. The van der Waals surface area contributed by atoms with Gasteiger partial charge in [-0.1, -0.05) is 60.7 Å². The number of hydrogen-bond donors (Lipinski definition) is 2. The first-order valence-electron chi connectivity index (χ1n) is 9.03. The smallest absolute Gasteiger partial charge is 0.123 e. The molecule has 140 valence electrons. The fourth-order valence-electron chi connectivity index (χ4n) is 2.86. The number of rotatable bonds is 9. The minimum Gasteiger partial charge on any atom is -0.496 e. The Morgan fingerprint density at radius 2 is 1.70 bits per heavy atom. The van der Waals surface area contributed by atoms with Crippen molar-refractivity contribution < 1.29 is 14.6 Å². The van der Waals surface area contributed by atoms with E-state index in [1.54, 1.807) is 7.11 Å². The monoisotopic (exact) mass is 363 g/mol. The number of nitrogens with one attached hydrogen (secondary N) is 1. The molecule has 0 saturated heterocycles. The Balaban J connectivity index is 1.53. The molecule has 0 unspecified atom stereocenters. The van der Waals surface area contributed by atoms with E-state index in [0.717, 1.165) is 28.2 Å². The van der Waals surface area contributed by atoms with Crippen LogP contribution < -0.4 is 14.8 Å². The Labute approximate surface area is 160 Å². The molecule has 0 bridgehead atoms. The van der Waals surface area contributed by atoms with Gasteiger partial charge in [-0.3, -0.25) is 0 Å². The number of aliphatic hydroxyl groups excluding tert-OH is 1. The van der Waals surface area contributed by atoms with Crippen molar-refractivity contribution in [1.82, 2.24) is 5.32 Å². The van der Waals surface area contributed by atoms with Crippen LogP contribution in [0.15, 0.2) is 78.9 Å². The van der Waals surface area contributed by atoms with Crippen molar-refractivity contribution in [3.05, 3.63) is 95.6 Å². The predicted molar refractivity (Wildman–Crippen MR) is 107 cm³/mol. The van der Waals surface area contributed by atoms with Crippen LogP contribution in [-0.4, -0.2) is 18.8 Å². The van der Waals surface area contributed by atoms with Crippen LogP contribution in [0.2, 0.25) is 0 Å². The third kappa shape index (κ3) is 5.58. The van der Waals surface area contributed by atoms with E-state index in [4.69, 9.17) is 9.47 Å². The highest BCUT2D eigenvalue weighted by Gasteiger charge is 2.09. The van der Waals surface area contributed by atoms with Crippen molar-refractivity contribution in [3.8, 4) is 11.5 Å². The fourth-order valence-corrected chi connectivity index (χ4v) is 2.86. The summed E-state index contributed by atoms with van der Waals surface area (Å²) in [5.74, 6) is 1.59. The lowest BCUT2D eigenvalue weighted by Gasteiger charge is -2.15. The first-order chi connectivity index (χ1) is 13.3. The third-order valence-corrected chi connectivity index (χ3v) is 4.34. The first-order valence-corrected chi connectivity index (χ1v) is 9.03. The quantitative estimate of drug-likeness (QED) is 0.601. The summed E-state index contributed by atoms with van der Waals surface area (Å²) in [4.78, 5) is 0. The zero-order valence-corrected chi connectivity index (χ0v) is 15.5. The maximum atomic E-state index is 10.5. The topological polar surface area (TPSA) is 50.7 Å². The first kappa shape index (κ1) is 19.0. The molecular weight excluding hydrogens is 338 g/mol. The van der Waals surface area contributed by atoms with Gasteiger partial charge in [0.15, 0.2) is 0 Å². The fraction of sp³-hybridized carbons (Fsp3) is 0.217. The van der Waals surface area contributed by atoms with Gasteiger partial charge in [0.05, 0.1) is 13.2 Å². The zero-order valence-electron chi connectivity index (χ0n) is 15.5. The van der Waals surface area contributed by atoms with Gasteiger partial charge in [-0.05, 0) is 29.3 Å². The minimum atomic E-state index is -0.611. The van der Waals surface area contributed by atoms with E-state index in [2.05, 4.69) is 5.32 Å². The van der Waals surface area contributed by atoms with Crippen molar-refractivity contribution >= 4 is 0 Å². The molecule has 0 saturated carbocycles. The third-order valence-electron chi connectivity index (χ3n) is 4.34. The molecule has 3 aromatic rings. The average molecular weight is 363 g/mol. The van der Waals surface area contributed by atoms with E-state index < -0.39 is 6.10 Å². The molecule has 4 nitrogen and oxygen atoms in total. The molecule has 1 atom stereocenters. The van der Waals surface area contributed by atoms with Crippen LogP contribution >= 0.6 is 0 Å². The van der Waals surface area contributed by atoms with Crippen molar-refractivity contribution in [2.45, 2.75) is 19.3 Å². The maximum absolute atomic E-state index is 10.5. The summed E-state index contributed by atoms with van der Waals surface area (Å²) in [6.45, 7) is 1.58. The number of hydrogen-bond acceptors (Lipinski definition) is 4. The number of methoxy groups -OCH3 is 1. The number of aliphatic hydroxyl groups is 1. The van der Waals surface area contributed by atoms with Crippen molar-refractivity contribution in [1.29, 1.82) is 0 Å². The van der Waals surface area contributed by atoms with Gasteiger partial charge in [0, 0.05) is 18.7 Å². The summed E-state index contributed by atoms with van der Waals surface area (Å²) in [7, 11) is 1.66. The number of benzene rings is 3. The molecule has 0 heterocycles. The van der Waals surface area contributed by atoms with Gasteiger partial charge < -0.3 is 19.9 Å². The predicted octanol–water partition coefficient (Wildman–Crippen LogP) is 4.10. The molecule has 0 aromatic heterocycles. The molecule has 0 fully saturated rings. The molecule has 4 heteroatoms. The Kier molecular flexibility index (Phi) is 6.85. The van der Waals surface area contributed by atoms with Crippen LogP contribution in [0.3, 0.4) is 0 Å². The van der Waals surface area contributed by atoms with E-state index in [1.807, 2.05) is 78.9 Å². The van der Waals surface area contributed by atoms with Gasteiger partial charge in [0.1, 0.15) is 18.1 Å². The van der Waals surface area contributed by atoms with E-state index in [9.17, 15) is 5.11 Å². The summed E-state index contributed by atoms with van der Waals surface area (Å²) >= 11 is 0. The molecule has 3 rings (SSSR count). The second-order valence-electron chi connectivity index (χ2n) is 6.31.